The molecule has 3 atom stereocenters. The van der Waals surface area contributed by atoms with Crippen LogP contribution in [0.1, 0.15) is 13.3 Å². The van der Waals surface area contributed by atoms with Crippen LogP contribution in [0, 0.1) is 23.6 Å². The third kappa shape index (κ3) is 7.62. The Bertz CT molecular complexity index is 2920. The number of sulfonamides is 1. The van der Waals surface area contributed by atoms with E-state index in [0.29, 0.717) is 40.1 Å². The Labute approximate surface area is 357 Å². The van der Waals surface area contributed by atoms with E-state index in [1.165, 1.54) is 34.3 Å². The number of benzene rings is 4. The van der Waals surface area contributed by atoms with Gasteiger partial charge in [0.15, 0.2) is 15.7 Å². The number of rotatable bonds is 13. The van der Waals surface area contributed by atoms with E-state index >= 15 is 4.39 Å². The molecule has 12 nitrogen and oxygen atoms in total. The van der Waals surface area contributed by atoms with E-state index < -0.39 is 43.6 Å². The predicted molar refractivity (Wildman–Crippen MR) is 233 cm³/mol. The molecule has 17 heteroatoms. The van der Waals surface area contributed by atoms with Crippen LogP contribution < -0.4 is 9.80 Å². The largest absolute Gasteiger partial charge is 0.391 e. The smallest absolute Gasteiger partial charge is 0.253 e. The van der Waals surface area contributed by atoms with Crippen molar-refractivity contribution in [3.63, 3.8) is 0 Å². The molecule has 4 heterocycles. The Hall–Kier alpha value is -5.36. The van der Waals surface area contributed by atoms with Gasteiger partial charge < -0.3 is 29.8 Å². The summed E-state index contributed by atoms with van der Waals surface area (Å²) in [6.07, 6.45) is -1.05. The van der Waals surface area contributed by atoms with E-state index in [0.717, 1.165) is 10.9 Å². The zero-order valence-corrected chi connectivity index (χ0v) is 36.0. The number of alkyl halides is 2. The van der Waals surface area contributed by atoms with Crippen molar-refractivity contribution in [1.82, 2.24) is 19.2 Å². The fourth-order valence-corrected chi connectivity index (χ4v) is 11.8. The minimum absolute atomic E-state index is 0.00895. The number of aliphatic hydroxyl groups is 1. The number of aromatic nitrogens is 2. The zero-order valence-electron chi connectivity index (χ0n) is 34.4. The predicted octanol–water partition coefficient (Wildman–Crippen LogP) is 6.58. The van der Waals surface area contributed by atoms with Gasteiger partial charge in [-0.1, -0.05) is 30.3 Å². The first-order chi connectivity index (χ1) is 29.4. The number of carbonyl (C=O) groups excluding carboxylic acids is 1. The van der Waals surface area contributed by atoms with Crippen molar-refractivity contribution in [2.75, 3.05) is 68.9 Å². The SMILES string of the molecule is CC(=O)N(C)CCS(=O)(=O)c1ccc(N2CC(C3CN(S(=O)(=O)c4ccc(N(C)C[C@H]5CC5(F)F)c(-c5[nH]c6ccccc6c5F)c4)C3)[C@H](O)C2)c(-c2cc3ccccc3[nH]2)c1. The molecule has 6 aromatic rings. The van der Waals surface area contributed by atoms with Crippen LogP contribution >= 0.6 is 0 Å². The first kappa shape index (κ1) is 42.0. The Morgan fingerprint density at radius 3 is 2.23 bits per heavy atom. The highest BCUT2D eigenvalue weighted by Crippen LogP contribution is 2.50. The van der Waals surface area contributed by atoms with Crippen LogP contribution in [0.5, 0.6) is 0 Å². The summed E-state index contributed by atoms with van der Waals surface area (Å²) < 4.78 is 101. The van der Waals surface area contributed by atoms with E-state index in [-0.39, 0.29) is 83.7 Å². The summed E-state index contributed by atoms with van der Waals surface area (Å²) in [4.78, 5) is 23.3. The number of hydrogen-bond acceptors (Lipinski definition) is 8. The third-order valence-corrected chi connectivity index (χ3v) is 16.4. The summed E-state index contributed by atoms with van der Waals surface area (Å²) in [5.74, 6) is -5.22. The average Bonchev–Trinajstić information content (AvgIpc) is 3.58. The molecule has 3 N–H and O–H groups in total. The van der Waals surface area contributed by atoms with Crippen molar-refractivity contribution < 1.29 is 39.9 Å². The lowest BCUT2D eigenvalue weighted by molar-refractivity contribution is -0.127. The maximum atomic E-state index is 16.0. The number of anilines is 2. The normalized spacial score (nSPS) is 20.5. The molecule has 0 spiro atoms. The number of amides is 1. The van der Waals surface area contributed by atoms with Crippen molar-refractivity contribution in [2.24, 2.45) is 17.8 Å². The quantitative estimate of drug-likeness (QED) is 0.118. The molecule has 1 saturated carbocycles. The van der Waals surface area contributed by atoms with Crippen molar-refractivity contribution in [2.45, 2.75) is 35.2 Å². The molecule has 1 unspecified atom stereocenters. The van der Waals surface area contributed by atoms with E-state index in [2.05, 4.69) is 9.97 Å². The van der Waals surface area contributed by atoms with Gasteiger partial charge in [-0.25, -0.2) is 30.0 Å². The van der Waals surface area contributed by atoms with Gasteiger partial charge in [-0.05, 0) is 66.6 Å². The zero-order chi connectivity index (χ0) is 43.9. The number of H-pyrrole nitrogens is 2. The van der Waals surface area contributed by atoms with Gasteiger partial charge in [-0.2, -0.15) is 4.31 Å². The van der Waals surface area contributed by atoms with Gasteiger partial charge in [0.25, 0.3) is 5.92 Å². The molecule has 2 aromatic heterocycles. The Morgan fingerprint density at radius 1 is 0.855 bits per heavy atom. The number of sulfone groups is 1. The van der Waals surface area contributed by atoms with Crippen LogP contribution in [0.2, 0.25) is 0 Å². The number of nitrogens with one attached hydrogen (secondary N) is 2. The minimum Gasteiger partial charge on any atom is -0.391 e. The summed E-state index contributed by atoms with van der Waals surface area (Å²) in [6, 6.07) is 25.7. The molecule has 3 fully saturated rings. The van der Waals surface area contributed by atoms with Gasteiger partial charge >= 0.3 is 0 Å². The van der Waals surface area contributed by atoms with Gasteiger partial charge in [0.05, 0.1) is 27.3 Å². The number of para-hydroxylation sites is 2. The molecular formula is C45H47F3N6O6S2. The fourth-order valence-electron chi connectivity index (χ4n) is 8.91. The third-order valence-electron chi connectivity index (χ3n) is 12.9. The summed E-state index contributed by atoms with van der Waals surface area (Å²) in [6.45, 7) is 2.30. The highest BCUT2D eigenvalue weighted by atomic mass is 32.2. The average molecular weight is 889 g/mol. The molecule has 62 heavy (non-hydrogen) atoms. The van der Waals surface area contributed by atoms with Crippen molar-refractivity contribution in [3.8, 4) is 22.5 Å². The summed E-state index contributed by atoms with van der Waals surface area (Å²) in [5.41, 5.74) is 4.08. The van der Waals surface area contributed by atoms with E-state index in [1.54, 1.807) is 61.5 Å². The summed E-state index contributed by atoms with van der Waals surface area (Å²) in [7, 11) is -4.71. The van der Waals surface area contributed by atoms with E-state index in [9.17, 15) is 35.5 Å². The first-order valence-corrected chi connectivity index (χ1v) is 23.6. The number of carbonyl (C=O) groups is 1. The molecule has 1 aliphatic carbocycles. The second-order valence-electron chi connectivity index (χ2n) is 17.0. The van der Waals surface area contributed by atoms with Crippen LogP contribution in [-0.2, 0) is 24.7 Å². The topological polar surface area (TPSA) is 150 Å². The molecule has 1 amide bonds. The van der Waals surface area contributed by atoms with Gasteiger partial charge in [-0.3, -0.25) is 4.79 Å². The van der Waals surface area contributed by atoms with E-state index in [1.807, 2.05) is 35.2 Å². The van der Waals surface area contributed by atoms with Gasteiger partial charge in [0.2, 0.25) is 15.9 Å². The summed E-state index contributed by atoms with van der Waals surface area (Å²) >= 11 is 0. The molecule has 2 saturated heterocycles. The Morgan fingerprint density at radius 2 is 1.53 bits per heavy atom. The fraction of sp³-hybridized carbons (Fsp3) is 0.356. The lowest BCUT2D eigenvalue weighted by Gasteiger charge is -2.42. The maximum Gasteiger partial charge on any atom is 0.253 e. The monoisotopic (exact) mass is 888 g/mol. The minimum atomic E-state index is -4.10. The number of aromatic amines is 2. The number of nitrogens with zero attached hydrogens (tertiary/aromatic N) is 4. The highest BCUT2D eigenvalue weighted by Gasteiger charge is 2.57. The van der Waals surface area contributed by atoms with Crippen molar-refractivity contribution in [1.29, 1.82) is 0 Å². The van der Waals surface area contributed by atoms with Crippen molar-refractivity contribution >= 4 is 58.9 Å². The number of hydrogen-bond donors (Lipinski definition) is 3. The number of fused-ring (bicyclic) bond motifs is 2. The van der Waals surface area contributed by atoms with Crippen LogP contribution in [0.4, 0.5) is 24.5 Å². The summed E-state index contributed by atoms with van der Waals surface area (Å²) in [5, 5.41) is 12.7. The molecule has 3 aliphatic rings. The number of aliphatic hydroxyl groups excluding tert-OH is 1. The standard InChI is InChI=1S/C45H47F3N6O6S2/c1-27(55)51(2)16-17-61(57,58)31-12-15-41(34(19-31)39-18-28-8-4-6-10-37(28)49-39)53-25-36(42(56)26-53)29-22-54(23-29)62(59,60)32-13-14-40(52(3)24-30-21-45(30,47)48)35(20-32)44-43(46)33-9-5-7-11-38(33)50-44/h4-15,18-20,29-30,36,42,49-50,56H,16-17,21-26H2,1-3H3/t30-,36?,42-/m1/s1. The molecule has 2 aliphatic heterocycles. The second-order valence-corrected chi connectivity index (χ2v) is 21.1. The second kappa shape index (κ2) is 15.5. The van der Waals surface area contributed by atoms with Crippen LogP contribution in [0.25, 0.3) is 44.3 Å². The Balaban J connectivity index is 0.961. The van der Waals surface area contributed by atoms with E-state index in [4.69, 9.17) is 0 Å². The molecular weight excluding hydrogens is 842 g/mol. The number of β-amino-alcohol motifs (C(OH)–C–C–N with tert-alkyl or cyclic N) is 1. The van der Waals surface area contributed by atoms with Gasteiger partial charge in [0, 0.05) is 129 Å². The molecule has 0 radical (unpaired) electrons. The van der Waals surface area contributed by atoms with Crippen molar-refractivity contribution in [3.05, 3.63) is 96.8 Å². The van der Waals surface area contributed by atoms with Gasteiger partial charge in [0.1, 0.15) is 0 Å². The van der Waals surface area contributed by atoms with Crippen LogP contribution in [0.3, 0.4) is 0 Å². The molecule has 0 bridgehead atoms. The van der Waals surface area contributed by atoms with Crippen LogP contribution in [-0.4, -0.2) is 118 Å². The maximum absolute atomic E-state index is 16.0. The molecule has 4 aromatic carbocycles. The first-order valence-electron chi connectivity index (χ1n) is 20.5. The highest BCUT2D eigenvalue weighted by molar-refractivity contribution is 7.91. The van der Waals surface area contributed by atoms with Gasteiger partial charge in [-0.15, -0.1) is 0 Å². The Kier molecular flexibility index (Phi) is 10.5. The number of halogens is 3. The lowest BCUT2D eigenvalue weighted by Crippen LogP contribution is -2.54. The van der Waals surface area contributed by atoms with Crippen LogP contribution in [0.15, 0.2) is 101 Å². The lowest BCUT2D eigenvalue weighted by atomic mass is 9.85. The molecule has 326 valence electrons. The molecule has 9 rings (SSSR count).